The number of carbonyl (C=O) groups is 1. The molecule has 0 bridgehead atoms. The number of fused-ring (bicyclic) bond motifs is 1. The van der Waals surface area contributed by atoms with Crippen LogP contribution in [0.25, 0.3) is 0 Å². The molecule has 1 aliphatic rings. The van der Waals surface area contributed by atoms with Crippen LogP contribution in [0.3, 0.4) is 0 Å². The normalized spacial score (nSPS) is 13.5. The maximum absolute atomic E-state index is 12.3. The Labute approximate surface area is 142 Å². The predicted molar refractivity (Wildman–Crippen MR) is 87.7 cm³/mol. The minimum absolute atomic E-state index is 0.151. The second kappa shape index (κ2) is 8.89. The van der Waals surface area contributed by atoms with Crippen molar-refractivity contribution in [2.45, 2.75) is 37.5 Å². The van der Waals surface area contributed by atoms with Crippen molar-refractivity contribution in [2.24, 2.45) is 0 Å². The fraction of sp³-hybridized carbons (Fsp3) is 0.562. The molecule has 0 radical (unpaired) electrons. The van der Waals surface area contributed by atoms with E-state index in [0.29, 0.717) is 57.1 Å². The summed E-state index contributed by atoms with van der Waals surface area (Å²) in [6.07, 6.45) is 2.46. The van der Waals surface area contributed by atoms with Gasteiger partial charge in [0.05, 0.1) is 11.5 Å². The summed E-state index contributed by atoms with van der Waals surface area (Å²) in [5.41, 5.74) is 0. The number of hydrogen-bond acceptors (Lipinski definition) is 6. The molecule has 0 aliphatic carbocycles. The molecule has 0 unspecified atom stereocenters. The van der Waals surface area contributed by atoms with Gasteiger partial charge in [0.2, 0.25) is 10.0 Å². The van der Waals surface area contributed by atoms with E-state index in [2.05, 4.69) is 4.72 Å². The summed E-state index contributed by atoms with van der Waals surface area (Å²) in [5, 5.41) is 0. The maximum atomic E-state index is 12.3. The van der Waals surface area contributed by atoms with Crippen LogP contribution in [0.4, 0.5) is 0 Å². The van der Waals surface area contributed by atoms with Gasteiger partial charge in [-0.05, 0) is 31.9 Å². The van der Waals surface area contributed by atoms with Crippen LogP contribution in [0.1, 0.15) is 32.6 Å². The van der Waals surface area contributed by atoms with Gasteiger partial charge in [0.1, 0.15) is 13.2 Å². The summed E-state index contributed by atoms with van der Waals surface area (Å²) in [6, 6.07) is 4.57. The number of nitrogens with one attached hydrogen (secondary N) is 1. The fourth-order valence-corrected chi connectivity index (χ4v) is 3.37. The molecule has 0 saturated heterocycles. The molecule has 0 amide bonds. The Morgan fingerprint density at radius 1 is 1.17 bits per heavy atom. The fourth-order valence-electron chi connectivity index (χ4n) is 2.28. The van der Waals surface area contributed by atoms with Crippen LogP contribution >= 0.6 is 0 Å². The van der Waals surface area contributed by atoms with E-state index in [0.717, 1.165) is 6.42 Å². The Morgan fingerprint density at radius 3 is 2.67 bits per heavy atom. The van der Waals surface area contributed by atoms with E-state index in [4.69, 9.17) is 14.2 Å². The summed E-state index contributed by atoms with van der Waals surface area (Å²) >= 11 is 0. The zero-order valence-corrected chi connectivity index (χ0v) is 14.6. The number of unbranched alkanes of at least 4 members (excludes halogenated alkanes) is 2. The van der Waals surface area contributed by atoms with Gasteiger partial charge >= 0.3 is 5.97 Å². The van der Waals surface area contributed by atoms with Gasteiger partial charge in [0.25, 0.3) is 0 Å². The molecule has 0 aromatic heterocycles. The van der Waals surface area contributed by atoms with Crippen molar-refractivity contribution in [3.63, 3.8) is 0 Å². The second-order valence-corrected chi connectivity index (χ2v) is 7.09. The van der Waals surface area contributed by atoms with Crippen LogP contribution in [0.5, 0.6) is 11.5 Å². The Morgan fingerprint density at radius 2 is 1.92 bits per heavy atom. The molecule has 1 heterocycles. The molecular formula is C16H23NO6S. The number of esters is 1. The lowest BCUT2D eigenvalue weighted by Gasteiger charge is -2.18. The van der Waals surface area contributed by atoms with Gasteiger partial charge in [0.15, 0.2) is 11.5 Å². The van der Waals surface area contributed by atoms with Gasteiger partial charge in [-0.2, -0.15) is 0 Å². The minimum atomic E-state index is -3.58. The van der Waals surface area contributed by atoms with E-state index in [1.807, 2.05) is 0 Å². The zero-order chi connectivity index (χ0) is 17.4. The standard InChI is InChI=1S/C16H23NO6S/c1-2-21-16(18)6-4-3-5-9-17-24(19,20)13-7-8-14-15(12-13)23-11-10-22-14/h7-8,12,17H,2-6,9-11H2,1H3. The van der Waals surface area contributed by atoms with Crippen molar-refractivity contribution in [1.82, 2.24) is 4.72 Å². The average Bonchev–Trinajstić information content (AvgIpc) is 2.57. The highest BCUT2D eigenvalue weighted by molar-refractivity contribution is 7.89. The molecule has 2 rings (SSSR count). The van der Waals surface area contributed by atoms with E-state index < -0.39 is 10.0 Å². The summed E-state index contributed by atoms with van der Waals surface area (Å²) in [7, 11) is -3.58. The first-order chi connectivity index (χ1) is 11.5. The minimum Gasteiger partial charge on any atom is -0.486 e. The third-order valence-electron chi connectivity index (χ3n) is 3.48. The highest BCUT2D eigenvalue weighted by atomic mass is 32.2. The Balaban J connectivity index is 1.76. The van der Waals surface area contributed by atoms with Gasteiger partial charge in [-0.15, -0.1) is 0 Å². The SMILES string of the molecule is CCOC(=O)CCCCCNS(=O)(=O)c1ccc2c(c1)OCCO2. The predicted octanol–water partition coefficient (Wildman–Crippen LogP) is 1.86. The summed E-state index contributed by atoms with van der Waals surface area (Å²) in [4.78, 5) is 11.3. The molecule has 0 spiro atoms. The molecule has 1 aromatic rings. The first kappa shape index (κ1) is 18.5. The number of sulfonamides is 1. The molecule has 0 fully saturated rings. The monoisotopic (exact) mass is 357 g/mol. The lowest BCUT2D eigenvalue weighted by Crippen LogP contribution is -2.25. The molecule has 0 atom stereocenters. The lowest BCUT2D eigenvalue weighted by molar-refractivity contribution is -0.143. The molecule has 134 valence electrons. The zero-order valence-electron chi connectivity index (χ0n) is 13.7. The van der Waals surface area contributed by atoms with E-state index in [1.165, 1.54) is 12.1 Å². The van der Waals surface area contributed by atoms with Gasteiger partial charge in [-0.25, -0.2) is 13.1 Å². The quantitative estimate of drug-likeness (QED) is 0.536. The number of benzene rings is 1. The number of carbonyl (C=O) groups excluding carboxylic acids is 1. The Hall–Kier alpha value is -1.80. The molecule has 7 nitrogen and oxygen atoms in total. The number of rotatable bonds is 9. The van der Waals surface area contributed by atoms with Gasteiger partial charge in [-0.1, -0.05) is 6.42 Å². The van der Waals surface area contributed by atoms with E-state index in [-0.39, 0.29) is 10.9 Å². The highest BCUT2D eigenvalue weighted by Gasteiger charge is 2.18. The summed E-state index contributed by atoms with van der Waals surface area (Å²) in [5.74, 6) is 0.784. The van der Waals surface area contributed by atoms with Crippen LogP contribution < -0.4 is 14.2 Å². The van der Waals surface area contributed by atoms with Crippen molar-refractivity contribution in [1.29, 1.82) is 0 Å². The molecule has 0 saturated carbocycles. The molecular weight excluding hydrogens is 334 g/mol. The third-order valence-corrected chi connectivity index (χ3v) is 4.94. The third kappa shape index (κ3) is 5.38. The van der Waals surface area contributed by atoms with Gasteiger partial charge in [0, 0.05) is 19.0 Å². The first-order valence-electron chi connectivity index (χ1n) is 8.08. The largest absolute Gasteiger partial charge is 0.486 e. The smallest absolute Gasteiger partial charge is 0.305 e. The first-order valence-corrected chi connectivity index (χ1v) is 9.56. The lowest BCUT2D eigenvalue weighted by atomic mass is 10.2. The van der Waals surface area contributed by atoms with E-state index in [9.17, 15) is 13.2 Å². The number of ether oxygens (including phenoxy) is 3. The molecule has 1 aromatic carbocycles. The van der Waals surface area contributed by atoms with Crippen LogP contribution in [0.15, 0.2) is 23.1 Å². The average molecular weight is 357 g/mol. The summed E-state index contributed by atoms with van der Waals surface area (Å²) < 4.78 is 42.7. The summed E-state index contributed by atoms with van der Waals surface area (Å²) in [6.45, 7) is 3.34. The Bertz CT molecular complexity index is 659. The van der Waals surface area contributed by atoms with Gasteiger partial charge in [-0.3, -0.25) is 4.79 Å². The topological polar surface area (TPSA) is 90.9 Å². The Kier molecular flexibility index (Phi) is 6.86. The number of hydrogen-bond donors (Lipinski definition) is 1. The molecule has 24 heavy (non-hydrogen) atoms. The van der Waals surface area contributed by atoms with Crippen LogP contribution in [0.2, 0.25) is 0 Å². The van der Waals surface area contributed by atoms with Crippen molar-refractivity contribution < 1.29 is 27.4 Å². The van der Waals surface area contributed by atoms with Gasteiger partial charge < -0.3 is 14.2 Å². The van der Waals surface area contributed by atoms with Crippen molar-refractivity contribution in [3.05, 3.63) is 18.2 Å². The van der Waals surface area contributed by atoms with Crippen molar-refractivity contribution in [3.8, 4) is 11.5 Å². The molecule has 1 N–H and O–H groups in total. The second-order valence-electron chi connectivity index (χ2n) is 5.32. The van der Waals surface area contributed by atoms with Crippen LogP contribution in [-0.2, 0) is 19.6 Å². The van der Waals surface area contributed by atoms with E-state index in [1.54, 1.807) is 13.0 Å². The maximum Gasteiger partial charge on any atom is 0.305 e. The van der Waals surface area contributed by atoms with Crippen molar-refractivity contribution >= 4 is 16.0 Å². The van der Waals surface area contributed by atoms with E-state index >= 15 is 0 Å². The molecule has 1 aliphatic heterocycles. The highest BCUT2D eigenvalue weighted by Crippen LogP contribution is 2.32. The van der Waals surface area contributed by atoms with Crippen LogP contribution in [0, 0.1) is 0 Å². The van der Waals surface area contributed by atoms with Crippen molar-refractivity contribution in [2.75, 3.05) is 26.4 Å². The molecule has 8 heteroatoms. The van der Waals surface area contributed by atoms with Crippen LogP contribution in [-0.4, -0.2) is 40.8 Å².